The number of carbonyl (C=O) groups is 1. The van der Waals surface area contributed by atoms with Crippen LogP contribution in [0.15, 0.2) is 40.3 Å². The van der Waals surface area contributed by atoms with Crippen molar-refractivity contribution in [3.8, 4) is 17.4 Å². The van der Waals surface area contributed by atoms with Crippen LogP contribution in [0.3, 0.4) is 0 Å². The summed E-state index contributed by atoms with van der Waals surface area (Å²) in [6, 6.07) is 10.1. The minimum atomic E-state index is -0.688. The van der Waals surface area contributed by atoms with Crippen LogP contribution >= 0.6 is 23.2 Å². The molecule has 112 valence electrons. The molecule has 0 aliphatic carbocycles. The van der Waals surface area contributed by atoms with Crippen molar-refractivity contribution in [1.29, 1.82) is 5.26 Å². The Labute approximate surface area is 137 Å². The van der Waals surface area contributed by atoms with E-state index in [2.05, 4.69) is 0 Å². The highest BCUT2D eigenvalue weighted by atomic mass is 35.5. The number of nitrogens with zero attached hydrogens (tertiary/aromatic N) is 1. The van der Waals surface area contributed by atoms with Crippen molar-refractivity contribution >= 4 is 35.2 Å². The average Bonchev–Trinajstić information content (AvgIpc) is 2.93. The summed E-state index contributed by atoms with van der Waals surface area (Å²) >= 11 is 12.0. The Balaban J connectivity index is 2.32. The molecule has 0 aliphatic rings. The molecule has 2 aromatic rings. The Kier molecular flexibility index (Phi) is 5.26. The van der Waals surface area contributed by atoms with Crippen molar-refractivity contribution in [2.45, 2.75) is 6.92 Å². The third kappa shape index (κ3) is 3.70. The Hall–Kier alpha value is -2.22. The fraction of sp³-hybridized carbons (Fsp3) is 0.125. The smallest absolute Gasteiger partial charge is 0.349 e. The van der Waals surface area contributed by atoms with Gasteiger partial charge in [0.25, 0.3) is 0 Å². The molecule has 1 heterocycles. The van der Waals surface area contributed by atoms with Crippen molar-refractivity contribution < 1.29 is 13.9 Å². The fourth-order valence-electron chi connectivity index (χ4n) is 1.75. The first kappa shape index (κ1) is 16.2. The van der Waals surface area contributed by atoms with Gasteiger partial charge >= 0.3 is 5.97 Å². The van der Waals surface area contributed by atoms with E-state index in [1.165, 1.54) is 6.08 Å². The van der Waals surface area contributed by atoms with Crippen LogP contribution in [-0.2, 0) is 9.53 Å². The van der Waals surface area contributed by atoms with E-state index in [-0.39, 0.29) is 12.2 Å². The zero-order chi connectivity index (χ0) is 16.1. The number of carbonyl (C=O) groups excluding carboxylic acids is 1. The van der Waals surface area contributed by atoms with Crippen LogP contribution in [0.2, 0.25) is 10.0 Å². The summed E-state index contributed by atoms with van der Waals surface area (Å²) in [5.41, 5.74) is 0.533. The molecule has 0 fully saturated rings. The summed E-state index contributed by atoms with van der Waals surface area (Å²) in [5, 5.41) is 9.96. The average molecular weight is 336 g/mol. The highest BCUT2D eigenvalue weighted by molar-refractivity contribution is 6.36. The third-order valence-electron chi connectivity index (χ3n) is 2.73. The molecule has 0 atom stereocenters. The Bertz CT molecular complexity index is 772. The normalized spacial score (nSPS) is 11.1. The molecule has 1 aromatic heterocycles. The van der Waals surface area contributed by atoms with E-state index in [1.54, 1.807) is 43.3 Å². The molecule has 1 aromatic carbocycles. The number of rotatable bonds is 4. The maximum Gasteiger partial charge on any atom is 0.349 e. The summed E-state index contributed by atoms with van der Waals surface area (Å²) < 4.78 is 10.4. The van der Waals surface area contributed by atoms with Gasteiger partial charge in [-0.2, -0.15) is 5.26 Å². The zero-order valence-corrected chi connectivity index (χ0v) is 13.1. The lowest BCUT2D eigenvalue weighted by Gasteiger charge is -2.01. The number of esters is 1. The monoisotopic (exact) mass is 335 g/mol. The molecule has 0 saturated carbocycles. The zero-order valence-electron chi connectivity index (χ0n) is 11.6. The van der Waals surface area contributed by atoms with Gasteiger partial charge in [0, 0.05) is 16.7 Å². The number of halogens is 2. The van der Waals surface area contributed by atoms with Gasteiger partial charge in [-0.3, -0.25) is 0 Å². The molecule has 0 aliphatic heterocycles. The van der Waals surface area contributed by atoms with Crippen LogP contribution in [0.1, 0.15) is 12.7 Å². The molecular weight excluding hydrogens is 325 g/mol. The molecule has 4 nitrogen and oxygen atoms in total. The van der Waals surface area contributed by atoms with Crippen LogP contribution in [0, 0.1) is 11.3 Å². The first-order valence-corrected chi connectivity index (χ1v) is 7.15. The molecule has 0 radical (unpaired) electrons. The highest BCUT2D eigenvalue weighted by Gasteiger charge is 2.13. The number of benzene rings is 1. The quantitative estimate of drug-likeness (QED) is 0.460. The van der Waals surface area contributed by atoms with E-state index in [9.17, 15) is 4.79 Å². The minimum absolute atomic E-state index is 0.134. The molecule has 2 rings (SSSR count). The largest absolute Gasteiger partial charge is 0.462 e. The number of furan rings is 1. The van der Waals surface area contributed by atoms with Gasteiger partial charge in [0.05, 0.1) is 11.6 Å². The Morgan fingerprint density at radius 3 is 2.77 bits per heavy atom. The standard InChI is InChI=1S/C16H11Cl2NO3/c1-2-21-16(20)10(9-19)7-12-4-6-15(22-12)13-5-3-11(17)8-14(13)18/h3-8H,2H2,1H3. The minimum Gasteiger partial charge on any atom is -0.462 e. The highest BCUT2D eigenvalue weighted by Crippen LogP contribution is 2.31. The van der Waals surface area contributed by atoms with Crippen LogP contribution in [0.5, 0.6) is 0 Å². The lowest BCUT2D eigenvalue weighted by molar-refractivity contribution is -0.137. The number of ether oxygens (including phenoxy) is 1. The fourth-order valence-corrected chi connectivity index (χ4v) is 2.25. The summed E-state index contributed by atoms with van der Waals surface area (Å²) in [4.78, 5) is 11.6. The third-order valence-corrected chi connectivity index (χ3v) is 3.27. The topological polar surface area (TPSA) is 63.2 Å². The second-order valence-corrected chi connectivity index (χ2v) is 5.06. The molecule has 0 saturated heterocycles. The van der Waals surface area contributed by atoms with Gasteiger partial charge < -0.3 is 9.15 Å². The van der Waals surface area contributed by atoms with Crippen molar-refractivity contribution in [2.24, 2.45) is 0 Å². The van der Waals surface area contributed by atoms with E-state index in [0.29, 0.717) is 27.1 Å². The van der Waals surface area contributed by atoms with Crippen molar-refractivity contribution in [1.82, 2.24) is 0 Å². The Morgan fingerprint density at radius 2 is 2.14 bits per heavy atom. The number of hydrogen-bond donors (Lipinski definition) is 0. The van der Waals surface area contributed by atoms with Gasteiger partial charge in [-0.25, -0.2) is 4.79 Å². The van der Waals surface area contributed by atoms with Gasteiger partial charge in [0.2, 0.25) is 0 Å². The maximum absolute atomic E-state index is 11.6. The van der Waals surface area contributed by atoms with E-state index < -0.39 is 5.97 Å². The molecule has 0 amide bonds. The second-order valence-electron chi connectivity index (χ2n) is 4.22. The lowest BCUT2D eigenvalue weighted by Crippen LogP contribution is -2.05. The van der Waals surface area contributed by atoms with E-state index >= 15 is 0 Å². The van der Waals surface area contributed by atoms with Crippen molar-refractivity contribution in [3.63, 3.8) is 0 Å². The number of hydrogen-bond acceptors (Lipinski definition) is 4. The van der Waals surface area contributed by atoms with Crippen molar-refractivity contribution in [3.05, 3.63) is 51.7 Å². The first-order valence-electron chi connectivity index (χ1n) is 6.39. The van der Waals surface area contributed by atoms with Crippen molar-refractivity contribution in [2.75, 3.05) is 6.61 Å². The van der Waals surface area contributed by atoms with Crippen LogP contribution in [-0.4, -0.2) is 12.6 Å². The summed E-state index contributed by atoms with van der Waals surface area (Å²) in [5.74, 6) is 0.173. The summed E-state index contributed by atoms with van der Waals surface area (Å²) in [7, 11) is 0. The summed E-state index contributed by atoms with van der Waals surface area (Å²) in [6.45, 7) is 1.86. The molecular formula is C16H11Cl2NO3. The van der Waals surface area contributed by atoms with Gasteiger partial charge in [-0.05, 0) is 37.3 Å². The van der Waals surface area contributed by atoms with Gasteiger partial charge in [-0.15, -0.1) is 0 Å². The molecule has 0 N–H and O–H groups in total. The van der Waals surface area contributed by atoms with E-state index in [1.807, 2.05) is 0 Å². The van der Waals surface area contributed by atoms with Crippen LogP contribution in [0.4, 0.5) is 0 Å². The second kappa shape index (κ2) is 7.17. The maximum atomic E-state index is 11.6. The van der Waals surface area contributed by atoms with E-state index in [4.69, 9.17) is 37.6 Å². The van der Waals surface area contributed by atoms with Gasteiger partial charge in [-0.1, -0.05) is 23.2 Å². The van der Waals surface area contributed by atoms with Gasteiger partial charge in [0.15, 0.2) is 0 Å². The van der Waals surface area contributed by atoms with Crippen LogP contribution in [0.25, 0.3) is 17.4 Å². The number of nitriles is 1. The Morgan fingerprint density at radius 1 is 1.36 bits per heavy atom. The van der Waals surface area contributed by atoms with Gasteiger partial charge in [0.1, 0.15) is 23.2 Å². The predicted molar refractivity (Wildman–Crippen MR) is 84.4 cm³/mol. The molecule has 0 bridgehead atoms. The molecule has 22 heavy (non-hydrogen) atoms. The summed E-state index contributed by atoms with van der Waals surface area (Å²) in [6.07, 6.45) is 1.32. The molecule has 6 heteroatoms. The SMILES string of the molecule is CCOC(=O)C(C#N)=Cc1ccc(-c2ccc(Cl)cc2Cl)o1. The van der Waals surface area contributed by atoms with Crippen LogP contribution < -0.4 is 0 Å². The molecule has 0 unspecified atom stereocenters. The predicted octanol–water partition coefficient (Wildman–Crippen LogP) is 4.72. The van der Waals surface area contributed by atoms with E-state index in [0.717, 1.165) is 0 Å². The first-order chi connectivity index (χ1) is 10.5. The lowest BCUT2D eigenvalue weighted by atomic mass is 10.2. The molecule has 0 spiro atoms.